The predicted octanol–water partition coefficient (Wildman–Crippen LogP) is 4.62. The van der Waals surface area contributed by atoms with Crippen LogP contribution in [0.25, 0.3) is 0 Å². The minimum Gasteiger partial charge on any atom is -0.349 e. The molecule has 2 rings (SSSR count). The summed E-state index contributed by atoms with van der Waals surface area (Å²) >= 11 is 1.49. The van der Waals surface area contributed by atoms with Crippen LogP contribution >= 0.6 is 11.3 Å². The second-order valence-electron chi connectivity index (χ2n) is 4.53. The van der Waals surface area contributed by atoms with Gasteiger partial charge in [0.05, 0.1) is 16.3 Å². The first-order valence-electron chi connectivity index (χ1n) is 6.93. The summed E-state index contributed by atoms with van der Waals surface area (Å²) in [7, 11) is 0. The van der Waals surface area contributed by atoms with Crippen LogP contribution in [0.3, 0.4) is 0 Å². The third-order valence-corrected chi connectivity index (χ3v) is 4.21. The zero-order chi connectivity index (χ0) is 16.1. The van der Waals surface area contributed by atoms with Crippen LogP contribution in [-0.2, 0) is 0 Å². The highest BCUT2D eigenvalue weighted by atomic mass is 32.1. The quantitative estimate of drug-likeness (QED) is 0.441. The summed E-state index contributed by atoms with van der Waals surface area (Å²) < 4.78 is 0. The molecule has 116 valence electrons. The summed E-state index contributed by atoms with van der Waals surface area (Å²) in [6.07, 6.45) is 0. The van der Waals surface area contributed by atoms with Gasteiger partial charge in [0.25, 0.3) is 5.69 Å². The average Bonchev–Trinajstić information content (AvgIpc) is 2.88. The summed E-state index contributed by atoms with van der Waals surface area (Å²) in [6.45, 7) is 7.84. The number of hydrogen-bond acceptors (Lipinski definition) is 7. The summed E-state index contributed by atoms with van der Waals surface area (Å²) in [5, 5.41) is 20.6. The number of aryl methyl sites for hydroxylation is 1. The van der Waals surface area contributed by atoms with E-state index in [9.17, 15) is 10.1 Å². The maximum Gasteiger partial charge on any atom is 0.269 e. The maximum absolute atomic E-state index is 10.6. The molecule has 0 fully saturated rings. The molecule has 0 spiro atoms. The van der Waals surface area contributed by atoms with E-state index in [1.165, 1.54) is 23.5 Å². The molecule has 0 aliphatic heterocycles. The Bertz CT molecular complexity index is 677. The number of aromatic nitrogens is 1. The number of rotatable bonds is 6. The first-order chi connectivity index (χ1) is 10.5. The van der Waals surface area contributed by atoms with E-state index in [2.05, 4.69) is 34.0 Å². The number of azo groups is 1. The van der Waals surface area contributed by atoms with Gasteiger partial charge >= 0.3 is 0 Å². The molecule has 0 atom stereocenters. The minimum atomic E-state index is -0.440. The molecule has 0 saturated heterocycles. The molecule has 7 nitrogen and oxygen atoms in total. The van der Waals surface area contributed by atoms with E-state index in [4.69, 9.17) is 0 Å². The molecule has 1 heterocycles. The van der Waals surface area contributed by atoms with E-state index in [0.29, 0.717) is 5.69 Å². The number of benzene rings is 1. The number of anilines is 1. The predicted molar refractivity (Wildman–Crippen MR) is 87.7 cm³/mol. The first kappa shape index (κ1) is 16.0. The van der Waals surface area contributed by atoms with E-state index in [1.54, 1.807) is 12.1 Å². The van der Waals surface area contributed by atoms with Gasteiger partial charge in [-0.15, -0.1) is 10.2 Å². The lowest BCUT2D eigenvalue weighted by atomic mass is 10.3. The highest BCUT2D eigenvalue weighted by molar-refractivity contribution is 7.19. The van der Waals surface area contributed by atoms with Crippen molar-refractivity contribution in [3.05, 3.63) is 40.1 Å². The third-order valence-electron chi connectivity index (χ3n) is 3.11. The standard InChI is InChI=1S/C14H17N5O2S/c1-4-18(5-2)14-15-10(3)13(22-14)17-16-11-6-8-12(9-7-11)19(20)21/h6-9H,4-5H2,1-3H3. The number of hydrogen-bond donors (Lipinski definition) is 0. The van der Waals surface area contributed by atoms with Crippen LogP contribution in [0, 0.1) is 17.0 Å². The van der Waals surface area contributed by atoms with Crippen molar-refractivity contribution in [2.45, 2.75) is 20.8 Å². The molecule has 2 aromatic rings. The molecule has 0 aliphatic rings. The Kier molecular flexibility index (Phi) is 5.16. The molecule has 0 bridgehead atoms. The van der Waals surface area contributed by atoms with Crippen LogP contribution < -0.4 is 4.90 Å². The van der Waals surface area contributed by atoms with Gasteiger partial charge in [0.2, 0.25) is 0 Å². The molecule has 22 heavy (non-hydrogen) atoms. The summed E-state index contributed by atoms with van der Waals surface area (Å²) in [5.41, 5.74) is 1.44. The van der Waals surface area contributed by atoms with Gasteiger partial charge in [0.1, 0.15) is 0 Å². The molecule has 0 amide bonds. The van der Waals surface area contributed by atoms with E-state index in [-0.39, 0.29) is 5.69 Å². The summed E-state index contributed by atoms with van der Waals surface area (Å²) in [5.74, 6) is 0. The molecule has 1 aromatic heterocycles. The zero-order valence-electron chi connectivity index (χ0n) is 12.7. The minimum absolute atomic E-state index is 0.0386. The Balaban J connectivity index is 2.17. The second kappa shape index (κ2) is 7.08. The SMILES string of the molecule is CCN(CC)c1nc(C)c(N=Nc2ccc([N+](=O)[O-])cc2)s1. The lowest BCUT2D eigenvalue weighted by molar-refractivity contribution is -0.384. The number of nitro benzene ring substituents is 1. The Morgan fingerprint density at radius 1 is 1.23 bits per heavy atom. The normalized spacial score (nSPS) is 11.0. The highest BCUT2D eigenvalue weighted by Gasteiger charge is 2.11. The molecule has 8 heteroatoms. The molecule has 0 unspecified atom stereocenters. The average molecular weight is 319 g/mol. The van der Waals surface area contributed by atoms with E-state index < -0.39 is 4.92 Å². The van der Waals surface area contributed by atoms with Crippen molar-refractivity contribution in [1.82, 2.24) is 4.98 Å². The van der Waals surface area contributed by atoms with Gasteiger partial charge in [-0.1, -0.05) is 11.3 Å². The maximum atomic E-state index is 10.6. The monoisotopic (exact) mass is 319 g/mol. The van der Waals surface area contributed by atoms with Crippen molar-refractivity contribution in [3.63, 3.8) is 0 Å². The van der Waals surface area contributed by atoms with Crippen LogP contribution in [0.15, 0.2) is 34.5 Å². The van der Waals surface area contributed by atoms with Gasteiger partial charge in [-0.25, -0.2) is 4.98 Å². The van der Waals surface area contributed by atoms with Gasteiger partial charge in [-0.3, -0.25) is 10.1 Å². The first-order valence-corrected chi connectivity index (χ1v) is 7.75. The third kappa shape index (κ3) is 3.64. The fraction of sp³-hybridized carbons (Fsp3) is 0.357. The van der Waals surface area contributed by atoms with Crippen LogP contribution in [0.4, 0.5) is 21.5 Å². The molecular formula is C14H17N5O2S. The lowest BCUT2D eigenvalue weighted by Gasteiger charge is -2.16. The van der Waals surface area contributed by atoms with Crippen LogP contribution in [0.5, 0.6) is 0 Å². The largest absolute Gasteiger partial charge is 0.349 e. The van der Waals surface area contributed by atoms with Gasteiger partial charge in [-0.05, 0) is 32.9 Å². The van der Waals surface area contributed by atoms with E-state index in [0.717, 1.165) is 28.9 Å². The molecular weight excluding hydrogens is 302 g/mol. The van der Waals surface area contributed by atoms with E-state index in [1.807, 2.05) is 6.92 Å². The Morgan fingerprint density at radius 3 is 2.41 bits per heavy atom. The van der Waals surface area contributed by atoms with Crippen molar-refractivity contribution in [3.8, 4) is 0 Å². The van der Waals surface area contributed by atoms with Gasteiger partial charge in [-0.2, -0.15) is 0 Å². The second-order valence-corrected chi connectivity index (χ2v) is 5.49. The Hall–Kier alpha value is -2.35. The van der Waals surface area contributed by atoms with Gasteiger partial charge < -0.3 is 4.90 Å². The highest BCUT2D eigenvalue weighted by Crippen LogP contribution is 2.34. The fourth-order valence-corrected chi connectivity index (χ4v) is 2.86. The number of nitrogens with zero attached hydrogens (tertiary/aromatic N) is 5. The molecule has 0 saturated carbocycles. The smallest absolute Gasteiger partial charge is 0.269 e. The molecule has 0 radical (unpaired) electrons. The number of nitro groups is 1. The summed E-state index contributed by atoms with van der Waals surface area (Å²) in [6, 6.07) is 5.97. The van der Waals surface area contributed by atoms with Gasteiger partial charge in [0, 0.05) is 25.2 Å². The van der Waals surface area contributed by atoms with Crippen LogP contribution in [0.2, 0.25) is 0 Å². The van der Waals surface area contributed by atoms with Crippen molar-refractivity contribution in [2.24, 2.45) is 10.2 Å². The van der Waals surface area contributed by atoms with Gasteiger partial charge in [0.15, 0.2) is 10.1 Å². The van der Waals surface area contributed by atoms with Crippen molar-refractivity contribution < 1.29 is 4.92 Å². The molecule has 0 N–H and O–H groups in total. The zero-order valence-corrected chi connectivity index (χ0v) is 13.5. The summed E-state index contributed by atoms with van der Waals surface area (Å²) in [4.78, 5) is 16.8. The van der Waals surface area contributed by atoms with Crippen molar-refractivity contribution in [2.75, 3.05) is 18.0 Å². The molecule has 0 aliphatic carbocycles. The number of non-ortho nitro benzene ring substituents is 1. The van der Waals surface area contributed by atoms with E-state index >= 15 is 0 Å². The van der Waals surface area contributed by atoms with Crippen molar-refractivity contribution >= 4 is 32.8 Å². The van der Waals surface area contributed by atoms with Crippen LogP contribution in [-0.4, -0.2) is 23.0 Å². The van der Waals surface area contributed by atoms with Crippen LogP contribution in [0.1, 0.15) is 19.5 Å². The number of thiazole rings is 1. The fourth-order valence-electron chi connectivity index (χ4n) is 1.84. The topological polar surface area (TPSA) is 84.0 Å². The molecule has 1 aromatic carbocycles. The Morgan fingerprint density at radius 2 is 1.86 bits per heavy atom. The lowest BCUT2D eigenvalue weighted by Crippen LogP contribution is -2.21. The van der Waals surface area contributed by atoms with Crippen molar-refractivity contribution in [1.29, 1.82) is 0 Å². The Labute approximate surface area is 132 Å².